The molecule has 0 amide bonds. The Labute approximate surface area is 188 Å². The van der Waals surface area contributed by atoms with Gasteiger partial charge in [0.1, 0.15) is 5.75 Å². The summed E-state index contributed by atoms with van der Waals surface area (Å²) in [4.78, 5) is 0.312. The minimum Gasteiger partial charge on any atom is -0.497 e. The Morgan fingerprint density at radius 1 is 1.06 bits per heavy atom. The van der Waals surface area contributed by atoms with Crippen LogP contribution in [-0.4, -0.2) is 49.9 Å². The van der Waals surface area contributed by atoms with Crippen LogP contribution in [0.4, 0.5) is 0 Å². The number of rotatable bonds is 7. The van der Waals surface area contributed by atoms with Gasteiger partial charge in [-0.1, -0.05) is 42.5 Å². The zero-order valence-corrected chi connectivity index (χ0v) is 19.1. The van der Waals surface area contributed by atoms with E-state index in [-0.39, 0.29) is 17.8 Å². The normalized spacial score (nSPS) is 20.1. The zero-order chi connectivity index (χ0) is 21.8. The third kappa shape index (κ3) is 4.90. The summed E-state index contributed by atoms with van der Waals surface area (Å²) >= 11 is 1.78. The lowest BCUT2D eigenvalue weighted by molar-refractivity contribution is 0.171. The first-order chi connectivity index (χ1) is 15.0. The highest BCUT2D eigenvalue weighted by atomic mass is 32.2. The molecule has 1 heterocycles. The lowest BCUT2D eigenvalue weighted by Crippen LogP contribution is -2.46. The van der Waals surface area contributed by atoms with Gasteiger partial charge in [-0.15, -0.1) is 0 Å². The first-order valence-corrected chi connectivity index (χ1v) is 12.8. The van der Waals surface area contributed by atoms with Gasteiger partial charge in [-0.2, -0.15) is 16.1 Å². The van der Waals surface area contributed by atoms with Crippen LogP contribution in [0.15, 0.2) is 71.6 Å². The van der Waals surface area contributed by atoms with E-state index in [2.05, 4.69) is 0 Å². The summed E-state index contributed by atoms with van der Waals surface area (Å²) in [6.07, 6.45) is 0.721. The Kier molecular flexibility index (Phi) is 6.86. The second-order valence-electron chi connectivity index (χ2n) is 7.80. The molecule has 1 aliphatic rings. The number of piperidine rings is 1. The van der Waals surface area contributed by atoms with Crippen molar-refractivity contribution in [2.75, 3.05) is 26.8 Å². The van der Waals surface area contributed by atoms with Gasteiger partial charge in [-0.25, -0.2) is 8.42 Å². The molecule has 1 N–H and O–H groups in total. The molecule has 7 heteroatoms. The molecule has 1 saturated heterocycles. The molecule has 3 aromatic rings. The third-order valence-corrected chi connectivity index (χ3v) is 9.25. The number of thioether (sulfide) groups is 1. The maximum atomic E-state index is 13.3. The molecule has 0 saturated carbocycles. The summed E-state index contributed by atoms with van der Waals surface area (Å²) in [6.45, 7) is 0.780. The number of nitrogens with zero attached hydrogens (tertiary/aromatic N) is 1. The summed E-state index contributed by atoms with van der Waals surface area (Å²) in [5, 5.41) is 12.1. The number of aliphatic hydroxyl groups excluding tert-OH is 1. The lowest BCUT2D eigenvalue weighted by atomic mass is 10.0. The number of methoxy groups -OCH3 is 1. The molecule has 31 heavy (non-hydrogen) atoms. The van der Waals surface area contributed by atoms with Gasteiger partial charge in [0.05, 0.1) is 12.0 Å². The quantitative estimate of drug-likeness (QED) is 0.577. The van der Waals surface area contributed by atoms with Gasteiger partial charge in [0.25, 0.3) is 0 Å². The molecule has 0 radical (unpaired) electrons. The van der Waals surface area contributed by atoms with Crippen molar-refractivity contribution < 1.29 is 18.3 Å². The molecule has 1 aliphatic heterocycles. The van der Waals surface area contributed by atoms with Crippen LogP contribution < -0.4 is 4.74 Å². The SMILES string of the molecule is COc1ccc(CSC2CCN(S(=O)(=O)c3ccc4ccccc4c3)CC2CO)cc1. The Hall–Kier alpha value is -2.06. The maximum Gasteiger partial charge on any atom is 0.243 e. The zero-order valence-electron chi connectivity index (χ0n) is 17.5. The third-order valence-electron chi connectivity index (χ3n) is 5.84. The minimum atomic E-state index is -3.60. The average molecular weight is 458 g/mol. The number of fused-ring (bicyclic) bond motifs is 1. The molecular formula is C24H27NO4S2. The van der Waals surface area contributed by atoms with E-state index in [0.29, 0.717) is 18.0 Å². The molecule has 0 aromatic heterocycles. The van der Waals surface area contributed by atoms with Gasteiger partial charge in [-0.3, -0.25) is 0 Å². The van der Waals surface area contributed by atoms with E-state index in [4.69, 9.17) is 4.74 Å². The average Bonchev–Trinajstić information content (AvgIpc) is 2.82. The van der Waals surface area contributed by atoms with E-state index in [1.807, 2.05) is 54.6 Å². The van der Waals surface area contributed by atoms with Crippen molar-refractivity contribution in [1.29, 1.82) is 0 Å². The predicted octanol–water partition coefficient (Wildman–Crippen LogP) is 4.15. The Balaban J connectivity index is 1.44. The van der Waals surface area contributed by atoms with Crippen molar-refractivity contribution in [2.45, 2.75) is 22.3 Å². The summed E-state index contributed by atoms with van der Waals surface area (Å²) < 4.78 is 33.3. The van der Waals surface area contributed by atoms with Crippen LogP contribution in [0, 0.1) is 5.92 Å². The van der Waals surface area contributed by atoms with E-state index < -0.39 is 10.0 Å². The van der Waals surface area contributed by atoms with Crippen molar-refractivity contribution in [1.82, 2.24) is 4.31 Å². The first kappa shape index (κ1) is 22.1. The molecule has 1 fully saturated rings. The first-order valence-electron chi connectivity index (χ1n) is 10.4. The highest BCUT2D eigenvalue weighted by Gasteiger charge is 2.35. The van der Waals surface area contributed by atoms with Crippen LogP contribution in [0.1, 0.15) is 12.0 Å². The molecule has 5 nitrogen and oxygen atoms in total. The largest absolute Gasteiger partial charge is 0.497 e. The molecular weight excluding hydrogens is 430 g/mol. The molecule has 0 spiro atoms. The van der Waals surface area contributed by atoms with Crippen molar-refractivity contribution in [3.63, 3.8) is 0 Å². The number of hydrogen-bond acceptors (Lipinski definition) is 5. The summed E-state index contributed by atoms with van der Waals surface area (Å²) in [5.74, 6) is 1.56. The highest BCUT2D eigenvalue weighted by molar-refractivity contribution is 7.99. The molecule has 0 bridgehead atoms. The van der Waals surface area contributed by atoms with Crippen LogP contribution in [0.2, 0.25) is 0 Å². The van der Waals surface area contributed by atoms with Crippen LogP contribution >= 0.6 is 11.8 Å². The topological polar surface area (TPSA) is 66.8 Å². The molecule has 4 rings (SSSR count). The minimum absolute atomic E-state index is 0.0238. The van der Waals surface area contributed by atoms with Crippen molar-refractivity contribution in [3.05, 3.63) is 72.3 Å². The lowest BCUT2D eigenvalue weighted by Gasteiger charge is -2.36. The Bertz CT molecular complexity index is 1130. The van der Waals surface area contributed by atoms with Gasteiger partial charge in [0.15, 0.2) is 0 Å². The second kappa shape index (κ2) is 9.61. The van der Waals surface area contributed by atoms with Gasteiger partial charge < -0.3 is 9.84 Å². The molecule has 164 valence electrons. The number of sulfonamides is 1. The standard InChI is InChI=1S/C24H27NO4S2/c1-29-22-9-6-18(7-10-22)17-30-24-12-13-25(15-21(24)16-26)31(27,28)23-11-8-19-4-2-3-5-20(19)14-23/h2-11,14,21,24,26H,12-13,15-17H2,1H3. The van der Waals surface area contributed by atoms with Crippen LogP contribution in [0.5, 0.6) is 5.75 Å². The van der Waals surface area contributed by atoms with Gasteiger partial charge in [0, 0.05) is 36.6 Å². The van der Waals surface area contributed by atoms with E-state index in [9.17, 15) is 13.5 Å². The smallest absolute Gasteiger partial charge is 0.243 e. The fourth-order valence-electron chi connectivity index (χ4n) is 3.99. The van der Waals surface area contributed by atoms with E-state index in [1.165, 1.54) is 9.87 Å². The Morgan fingerprint density at radius 2 is 1.81 bits per heavy atom. The molecule has 3 aromatic carbocycles. The molecule has 2 unspecified atom stereocenters. The fraction of sp³-hybridized carbons (Fsp3) is 0.333. The Morgan fingerprint density at radius 3 is 2.52 bits per heavy atom. The predicted molar refractivity (Wildman–Crippen MR) is 126 cm³/mol. The second-order valence-corrected chi connectivity index (χ2v) is 11.0. The van der Waals surface area contributed by atoms with Gasteiger partial charge in [0.2, 0.25) is 10.0 Å². The molecule has 0 aliphatic carbocycles. The van der Waals surface area contributed by atoms with E-state index in [0.717, 1.165) is 28.7 Å². The maximum absolute atomic E-state index is 13.3. The van der Waals surface area contributed by atoms with E-state index >= 15 is 0 Å². The number of hydrogen-bond donors (Lipinski definition) is 1. The fourth-order valence-corrected chi connectivity index (χ4v) is 6.86. The van der Waals surface area contributed by atoms with Crippen molar-refractivity contribution in [3.8, 4) is 5.75 Å². The number of aliphatic hydroxyl groups is 1. The van der Waals surface area contributed by atoms with Crippen LogP contribution in [0.3, 0.4) is 0 Å². The summed E-state index contributed by atoms with van der Waals surface area (Å²) in [6, 6.07) is 21.0. The summed E-state index contributed by atoms with van der Waals surface area (Å²) in [7, 11) is -1.95. The van der Waals surface area contributed by atoms with Crippen molar-refractivity contribution >= 4 is 32.6 Å². The van der Waals surface area contributed by atoms with Crippen molar-refractivity contribution in [2.24, 2.45) is 5.92 Å². The van der Waals surface area contributed by atoms with E-state index in [1.54, 1.807) is 31.0 Å². The number of benzene rings is 3. The monoisotopic (exact) mass is 457 g/mol. The summed E-state index contributed by atoms with van der Waals surface area (Å²) in [5.41, 5.74) is 1.19. The van der Waals surface area contributed by atoms with Gasteiger partial charge >= 0.3 is 0 Å². The van der Waals surface area contributed by atoms with Gasteiger partial charge in [-0.05, 0) is 47.0 Å². The number of ether oxygens (including phenoxy) is 1. The van der Waals surface area contributed by atoms with Crippen LogP contribution in [-0.2, 0) is 15.8 Å². The highest BCUT2D eigenvalue weighted by Crippen LogP contribution is 2.33. The molecule has 2 atom stereocenters. The van der Waals surface area contributed by atoms with Crippen LogP contribution in [0.25, 0.3) is 10.8 Å².